The number of carbonyl (C=O) groups is 1. The molecule has 0 bridgehead atoms. The van der Waals surface area contributed by atoms with E-state index in [9.17, 15) is 13.2 Å². The molecule has 2 aromatic rings. The molecule has 0 unspecified atom stereocenters. The summed E-state index contributed by atoms with van der Waals surface area (Å²) in [5, 5.41) is 0. The van der Waals surface area contributed by atoms with E-state index in [-0.39, 0.29) is 11.9 Å². The molecule has 0 aliphatic carbocycles. The number of nitrogens with one attached hydrogen (secondary N) is 1. The predicted octanol–water partition coefficient (Wildman–Crippen LogP) is 2.65. The fraction of sp³-hybridized carbons (Fsp3) is 0.235. The van der Waals surface area contributed by atoms with Crippen molar-refractivity contribution in [3.8, 4) is 0 Å². The first-order chi connectivity index (χ1) is 10.8. The Morgan fingerprint density at radius 3 is 2.65 bits per heavy atom. The fourth-order valence-electron chi connectivity index (χ4n) is 2.94. The van der Waals surface area contributed by atoms with Crippen LogP contribution in [0.3, 0.4) is 0 Å². The summed E-state index contributed by atoms with van der Waals surface area (Å²) in [4.78, 5) is 14.7. The van der Waals surface area contributed by atoms with E-state index in [2.05, 4.69) is 4.72 Å². The topological polar surface area (TPSA) is 66.5 Å². The van der Waals surface area contributed by atoms with Crippen LogP contribution in [0.1, 0.15) is 22.8 Å². The molecule has 120 valence electrons. The van der Waals surface area contributed by atoms with E-state index in [1.54, 1.807) is 29.2 Å². The number of rotatable bonds is 3. The summed E-state index contributed by atoms with van der Waals surface area (Å²) in [5.74, 6) is -0.125. The molecular weight excluding hydrogens is 312 g/mol. The summed E-state index contributed by atoms with van der Waals surface area (Å²) >= 11 is 0. The zero-order chi connectivity index (χ0) is 16.6. The molecule has 0 fully saturated rings. The largest absolute Gasteiger partial charge is 0.305 e. The van der Waals surface area contributed by atoms with Crippen LogP contribution in [-0.4, -0.2) is 26.6 Å². The molecule has 3 rings (SSSR count). The Morgan fingerprint density at radius 2 is 1.91 bits per heavy atom. The van der Waals surface area contributed by atoms with Crippen LogP contribution in [0.5, 0.6) is 0 Å². The van der Waals surface area contributed by atoms with Crippen molar-refractivity contribution in [2.45, 2.75) is 19.4 Å². The molecule has 5 nitrogen and oxygen atoms in total. The van der Waals surface area contributed by atoms with Gasteiger partial charge in [-0.1, -0.05) is 24.3 Å². The Bertz CT molecular complexity index is 862. The number of hydrogen-bond acceptors (Lipinski definition) is 3. The Labute approximate surface area is 136 Å². The maximum atomic E-state index is 12.9. The second kappa shape index (κ2) is 5.70. The minimum absolute atomic E-state index is 0.0754. The van der Waals surface area contributed by atoms with Crippen molar-refractivity contribution in [3.05, 3.63) is 59.7 Å². The van der Waals surface area contributed by atoms with E-state index in [1.165, 1.54) is 0 Å². The Hall–Kier alpha value is -2.34. The normalized spacial score (nSPS) is 17.0. The zero-order valence-electron chi connectivity index (χ0n) is 13.0. The van der Waals surface area contributed by atoms with Crippen molar-refractivity contribution in [2.24, 2.45) is 0 Å². The molecule has 0 aromatic heterocycles. The smallest absolute Gasteiger partial charge is 0.258 e. The Kier molecular flexibility index (Phi) is 3.85. The van der Waals surface area contributed by atoms with Crippen LogP contribution >= 0.6 is 0 Å². The SMILES string of the molecule is C[C@H]1Cc2ccccc2N1C(=O)c1cccc(NS(C)(=O)=O)c1. The Balaban J connectivity index is 1.94. The van der Waals surface area contributed by atoms with Crippen LogP contribution in [0, 0.1) is 0 Å². The van der Waals surface area contributed by atoms with Crippen molar-refractivity contribution >= 4 is 27.3 Å². The monoisotopic (exact) mass is 330 g/mol. The quantitative estimate of drug-likeness (QED) is 0.941. The van der Waals surface area contributed by atoms with Gasteiger partial charge in [0.05, 0.1) is 6.26 Å². The highest BCUT2D eigenvalue weighted by Gasteiger charge is 2.31. The lowest BCUT2D eigenvalue weighted by atomic mass is 10.1. The first kappa shape index (κ1) is 15.6. The molecule has 1 aliphatic rings. The highest BCUT2D eigenvalue weighted by molar-refractivity contribution is 7.92. The highest BCUT2D eigenvalue weighted by Crippen LogP contribution is 2.33. The summed E-state index contributed by atoms with van der Waals surface area (Å²) in [5.41, 5.74) is 2.92. The maximum Gasteiger partial charge on any atom is 0.258 e. The first-order valence-corrected chi connectivity index (χ1v) is 9.23. The number of benzene rings is 2. The molecule has 0 spiro atoms. The molecule has 1 N–H and O–H groups in total. The van der Waals surface area contributed by atoms with Gasteiger partial charge in [0.2, 0.25) is 10.0 Å². The number of hydrogen-bond donors (Lipinski definition) is 1. The van der Waals surface area contributed by atoms with Gasteiger partial charge in [0.1, 0.15) is 0 Å². The lowest BCUT2D eigenvalue weighted by Gasteiger charge is -2.23. The summed E-state index contributed by atoms with van der Waals surface area (Å²) < 4.78 is 25.1. The van der Waals surface area contributed by atoms with E-state index >= 15 is 0 Å². The summed E-state index contributed by atoms with van der Waals surface area (Å²) in [6.07, 6.45) is 1.91. The fourth-order valence-corrected chi connectivity index (χ4v) is 3.50. The average Bonchev–Trinajstić information content (AvgIpc) is 2.81. The molecule has 1 amide bonds. The molecule has 1 aliphatic heterocycles. The van der Waals surface area contributed by atoms with Crippen molar-refractivity contribution in [2.75, 3.05) is 15.9 Å². The van der Waals surface area contributed by atoms with E-state index < -0.39 is 10.0 Å². The third-order valence-corrected chi connectivity index (χ3v) is 4.45. The maximum absolute atomic E-state index is 12.9. The van der Waals surface area contributed by atoms with E-state index in [0.29, 0.717) is 11.3 Å². The molecule has 1 atom stereocenters. The van der Waals surface area contributed by atoms with E-state index in [0.717, 1.165) is 23.9 Å². The van der Waals surface area contributed by atoms with Gasteiger partial charge in [-0.2, -0.15) is 0 Å². The van der Waals surface area contributed by atoms with Crippen LogP contribution < -0.4 is 9.62 Å². The van der Waals surface area contributed by atoms with Gasteiger partial charge in [-0.05, 0) is 43.2 Å². The minimum atomic E-state index is -3.37. The number of amides is 1. The number of nitrogens with zero attached hydrogens (tertiary/aromatic N) is 1. The van der Waals surface area contributed by atoms with E-state index in [4.69, 9.17) is 0 Å². The van der Waals surface area contributed by atoms with Crippen molar-refractivity contribution < 1.29 is 13.2 Å². The summed E-state index contributed by atoms with van der Waals surface area (Å²) in [6.45, 7) is 2.01. The van der Waals surface area contributed by atoms with Gasteiger partial charge in [0, 0.05) is 23.0 Å². The molecule has 23 heavy (non-hydrogen) atoms. The van der Waals surface area contributed by atoms with Gasteiger partial charge in [-0.3, -0.25) is 9.52 Å². The second-order valence-electron chi connectivity index (χ2n) is 5.81. The molecule has 0 radical (unpaired) electrons. The highest BCUT2D eigenvalue weighted by atomic mass is 32.2. The molecule has 6 heteroatoms. The van der Waals surface area contributed by atoms with Gasteiger partial charge >= 0.3 is 0 Å². The number of anilines is 2. The molecule has 1 heterocycles. The van der Waals surface area contributed by atoms with Crippen LogP contribution in [0.25, 0.3) is 0 Å². The third kappa shape index (κ3) is 3.22. The molecular formula is C17H18N2O3S. The molecule has 0 saturated carbocycles. The Morgan fingerprint density at radius 1 is 1.17 bits per heavy atom. The lowest BCUT2D eigenvalue weighted by Crippen LogP contribution is -2.35. The van der Waals surface area contributed by atoms with Gasteiger partial charge in [-0.15, -0.1) is 0 Å². The van der Waals surface area contributed by atoms with Crippen molar-refractivity contribution in [3.63, 3.8) is 0 Å². The molecule has 2 aromatic carbocycles. The predicted molar refractivity (Wildman–Crippen MR) is 91.3 cm³/mol. The van der Waals surface area contributed by atoms with Gasteiger partial charge in [-0.25, -0.2) is 8.42 Å². The van der Waals surface area contributed by atoms with Gasteiger partial charge in [0.15, 0.2) is 0 Å². The van der Waals surface area contributed by atoms with E-state index in [1.807, 2.05) is 31.2 Å². The van der Waals surface area contributed by atoms with Crippen molar-refractivity contribution in [1.29, 1.82) is 0 Å². The second-order valence-corrected chi connectivity index (χ2v) is 7.56. The standard InChI is InChI=1S/C17H18N2O3S/c1-12-10-13-6-3-4-9-16(13)19(12)17(20)14-7-5-8-15(11-14)18-23(2,21)22/h3-9,11-12,18H,10H2,1-2H3/t12-/m0/s1. The number of fused-ring (bicyclic) bond motifs is 1. The zero-order valence-corrected chi connectivity index (χ0v) is 13.8. The average molecular weight is 330 g/mol. The van der Waals surface area contributed by atoms with Crippen molar-refractivity contribution in [1.82, 2.24) is 0 Å². The van der Waals surface area contributed by atoms with Gasteiger partial charge in [0.25, 0.3) is 5.91 Å². The minimum Gasteiger partial charge on any atom is -0.305 e. The van der Waals surface area contributed by atoms with Crippen LogP contribution in [0.15, 0.2) is 48.5 Å². The first-order valence-electron chi connectivity index (χ1n) is 7.34. The number of para-hydroxylation sites is 1. The van der Waals surface area contributed by atoms with Gasteiger partial charge < -0.3 is 4.90 Å². The molecule has 0 saturated heterocycles. The summed E-state index contributed by atoms with van der Waals surface area (Å²) in [7, 11) is -3.37. The van der Waals surface area contributed by atoms with Crippen LogP contribution in [0.4, 0.5) is 11.4 Å². The lowest BCUT2D eigenvalue weighted by molar-refractivity contribution is 0.0981. The van der Waals surface area contributed by atoms with Crippen LogP contribution in [0.2, 0.25) is 0 Å². The van der Waals surface area contributed by atoms with Crippen LogP contribution in [-0.2, 0) is 16.4 Å². The third-order valence-electron chi connectivity index (χ3n) is 3.84. The number of sulfonamides is 1. The summed E-state index contributed by atoms with van der Waals surface area (Å²) in [6, 6.07) is 14.5. The number of carbonyl (C=O) groups excluding carboxylic acids is 1.